The number of unbranched alkanes of at least 4 members (excludes halogenated alkanes) is 3. The van der Waals surface area contributed by atoms with E-state index in [2.05, 4.69) is 13.8 Å². The summed E-state index contributed by atoms with van der Waals surface area (Å²) in [6.45, 7) is 4.46. The molecule has 0 aromatic rings. The fourth-order valence-corrected chi connectivity index (χ4v) is 0.500. The second-order valence-electron chi connectivity index (χ2n) is 1.71. The van der Waals surface area contributed by atoms with Gasteiger partial charge in [-0.05, 0) is 0 Å². The highest BCUT2D eigenvalue weighted by Crippen LogP contribution is 1.95. The summed E-state index contributed by atoms with van der Waals surface area (Å²) in [5, 5.41) is 0. The van der Waals surface area contributed by atoms with Crippen molar-refractivity contribution in [1.82, 2.24) is 12.3 Å². The quantitative estimate of drug-likeness (QED) is 0.500. The van der Waals surface area contributed by atoms with Gasteiger partial charge in [-0.25, -0.2) is 0 Å². The van der Waals surface area contributed by atoms with Crippen molar-refractivity contribution in [1.29, 1.82) is 0 Å². The number of hydrogen-bond acceptors (Lipinski definition) is 0. The Bertz CT molecular complexity index is 18.5. The monoisotopic (exact) mass is 114 g/mol. The molecule has 0 aliphatic rings. The first-order chi connectivity index (χ1) is 2.91. The summed E-state index contributed by atoms with van der Waals surface area (Å²) < 4.78 is 0. The predicted molar refractivity (Wildman–Crippen MR) is 34.1 cm³/mol. The minimum Gasteiger partial charge on any atom is -0.0654 e. The third kappa shape index (κ3) is 16.8. The molecule has 0 rings (SSSR count). The van der Waals surface area contributed by atoms with Gasteiger partial charge in [-0.2, -0.15) is 0 Å². The molecular weight excluding hydrogens is 100 g/mol. The van der Waals surface area contributed by atoms with Gasteiger partial charge in [-0.15, -0.1) is 0 Å². The van der Waals surface area contributed by atoms with E-state index in [1.165, 1.54) is 25.7 Å². The first kappa shape index (κ1) is 15.7. The lowest BCUT2D eigenvalue weighted by molar-refractivity contribution is 0.702. The second kappa shape index (κ2) is 15.8. The van der Waals surface area contributed by atoms with Crippen molar-refractivity contribution in [3.8, 4) is 0 Å². The Labute approximate surface area is 52.8 Å². The minimum atomic E-state index is 0. The minimum absolute atomic E-state index is 0. The largest absolute Gasteiger partial charge is 0.0654 e. The van der Waals surface area contributed by atoms with Crippen LogP contribution in [0, 0.1) is 0 Å². The van der Waals surface area contributed by atoms with Gasteiger partial charge in [0.2, 0.25) is 0 Å². The molecule has 0 aliphatic heterocycles. The van der Waals surface area contributed by atoms with E-state index < -0.39 is 0 Å². The van der Waals surface area contributed by atoms with Crippen molar-refractivity contribution in [3.05, 3.63) is 0 Å². The molecule has 0 bridgehead atoms. The SMILES string of the molecule is CCCCCC.[N].[N]. The zero-order valence-corrected chi connectivity index (χ0v) is 5.72. The molecule has 0 unspecified atom stereocenters. The van der Waals surface area contributed by atoms with Crippen molar-refractivity contribution < 1.29 is 0 Å². The van der Waals surface area contributed by atoms with E-state index in [4.69, 9.17) is 0 Å². The molecule has 48 valence electrons. The van der Waals surface area contributed by atoms with Gasteiger partial charge in [0.05, 0.1) is 0 Å². The van der Waals surface area contributed by atoms with Crippen LogP contribution in [0.2, 0.25) is 0 Å². The molecule has 0 spiro atoms. The van der Waals surface area contributed by atoms with Gasteiger partial charge >= 0.3 is 0 Å². The van der Waals surface area contributed by atoms with Crippen LogP contribution in [0.1, 0.15) is 39.5 Å². The third-order valence-corrected chi connectivity index (χ3v) is 0.957. The molecule has 0 saturated heterocycles. The van der Waals surface area contributed by atoms with Gasteiger partial charge in [0.15, 0.2) is 0 Å². The summed E-state index contributed by atoms with van der Waals surface area (Å²) in [6, 6.07) is 0. The standard InChI is InChI=1S/C6H14.2N/c1-3-5-6-4-2;;/h3-6H2,1-2H3;;. The van der Waals surface area contributed by atoms with Gasteiger partial charge in [0.25, 0.3) is 0 Å². The number of rotatable bonds is 3. The van der Waals surface area contributed by atoms with Gasteiger partial charge in [-0.1, -0.05) is 39.5 Å². The lowest BCUT2D eigenvalue weighted by Gasteiger charge is -1.86. The topological polar surface area (TPSA) is 61.0 Å². The smallest absolute Gasteiger partial charge is 0 e. The average molecular weight is 114 g/mol. The van der Waals surface area contributed by atoms with E-state index in [9.17, 15) is 0 Å². The van der Waals surface area contributed by atoms with Crippen LogP contribution in [0.15, 0.2) is 0 Å². The molecule has 0 fully saturated rings. The summed E-state index contributed by atoms with van der Waals surface area (Å²) in [6.07, 6.45) is 5.54. The normalized spacial score (nSPS) is 6.75. The molecule has 0 amide bonds. The van der Waals surface area contributed by atoms with E-state index in [0.29, 0.717) is 0 Å². The van der Waals surface area contributed by atoms with Crippen molar-refractivity contribution >= 4 is 0 Å². The Balaban J connectivity index is -0.000000125. The first-order valence-electron chi connectivity index (χ1n) is 2.91. The van der Waals surface area contributed by atoms with Gasteiger partial charge in [0, 0.05) is 12.3 Å². The molecule has 0 heterocycles. The Morgan fingerprint density at radius 3 is 1.12 bits per heavy atom. The molecule has 0 N–H and O–H groups in total. The van der Waals surface area contributed by atoms with Crippen LogP contribution in [0.3, 0.4) is 0 Å². The Hall–Kier alpha value is -0.0800. The lowest BCUT2D eigenvalue weighted by Crippen LogP contribution is -1.66. The number of nitrogens with zero attached hydrogens (tertiary/aromatic N) is 2. The van der Waals surface area contributed by atoms with Crippen molar-refractivity contribution in [3.63, 3.8) is 0 Å². The van der Waals surface area contributed by atoms with Crippen LogP contribution in [0.4, 0.5) is 0 Å². The van der Waals surface area contributed by atoms with Crippen LogP contribution < -0.4 is 12.3 Å². The summed E-state index contributed by atoms with van der Waals surface area (Å²) >= 11 is 0. The Kier molecular flexibility index (Phi) is 30.9. The molecule has 2 nitrogen and oxygen atoms in total. The predicted octanol–water partition coefficient (Wildman–Crippen LogP) is 1.63. The van der Waals surface area contributed by atoms with Crippen molar-refractivity contribution in [2.45, 2.75) is 39.5 Å². The average Bonchev–Trinajstić information content (AvgIpc) is 1.61. The fraction of sp³-hybridized carbons (Fsp3) is 1.00. The maximum absolute atomic E-state index is 2.23. The first-order valence-corrected chi connectivity index (χ1v) is 2.91. The molecule has 8 heavy (non-hydrogen) atoms. The Morgan fingerprint density at radius 2 is 1.00 bits per heavy atom. The van der Waals surface area contributed by atoms with Crippen molar-refractivity contribution in [2.75, 3.05) is 0 Å². The van der Waals surface area contributed by atoms with Crippen LogP contribution >= 0.6 is 0 Å². The fourth-order valence-electron chi connectivity index (χ4n) is 0.500. The molecular formula is C6H14N2. The zero-order valence-electron chi connectivity index (χ0n) is 5.72. The van der Waals surface area contributed by atoms with Gasteiger partial charge in [0.1, 0.15) is 0 Å². The maximum atomic E-state index is 2.23. The summed E-state index contributed by atoms with van der Waals surface area (Å²) in [4.78, 5) is 0. The highest BCUT2D eigenvalue weighted by Gasteiger charge is 1.75. The van der Waals surface area contributed by atoms with Crippen LogP contribution in [0.25, 0.3) is 0 Å². The molecule has 0 aromatic carbocycles. The summed E-state index contributed by atoms with van der Waals surface area (Å²) in [7, 11) is 0. The molecule has 6 radical (unpaired) electrons. The van der Waals surface area contributed by atoms with Gasteiger partial charge in [-0.3, -0.25) is 0 Å². The Morgan fingerprint density at radius 1 is 0.750 bits per heavy atom. The highest BCUT2D eigenvalue weighted by molar-refractivity contribution is 4.31. The maximum Gasteiger partial charge on any atom is 0 e. The van der Waals surface area contributed by atoms with E-state index in [0.717, 1.165) is 0 Å². The van der Waals surface area contributed by atoms with E-state index in [-0.39, 0.29) is 12.3 Å². The van der Waals surface area contributed by atoms with Gasteiger partial charge < -0.3 is 0 Å². The van der Waals surface area contributed by atoms with E-state index in [1.807, 2.05) is 0 Å². The third-order valence-electron chi connectivity index (χ3n) is 0.957. The molecule has 0 aromatic heterocycles. The molecule has 2 heteroatoms. The summed E-state index contributed by atoms with van der Waals surface area (Å²) in [5.41, 5.74) is 0. The number of hydrogen-bond donors (Lipinski definition) is 0. The van der Waals surface area contributed by atoms with Crippen LogP contribution in [-0.4, -0.2) is 0 Å². The summed E-state index contributed by atoms with van der Waals surface area (Å²) in [5.74, 6) is 0. The zero-order chi connectivity index (χ0) is 4.83. The second-order valence-corrected chi connectivity index (χ2v) is 1.71. The lowest BCUT2D eigenvalue weighted by atomic mass is 10.2. The van der Waals surface area contributed by atoms with Crippen LogP contribution in [0.5, 0.6) is 0 Å². The van der Waals surface area contributed by atoms with E-state index >= 15 is 0 Å². The molecule has 0 saturated carbocycles. The van der Waals surface area contributed by atoms with Crippen LogP contribution in [-0.2, 0) is 0 Å². The highest BCUT2D eigenvalue weighted by atomic mass is 14.0. The molecule has 0 atom stereocenters. The van der Waals surface area contributed by atoms with E-state index in [1.54, 1.807) is 0 Å². The molecule has 0 aliphatic carbocycles. The van der Waals surface area contributed by atoms with Crippen molar-refractivity contribution in [2.24, 2.45) is 0 Å².